The molecule has 0 unspecified atom stereocenters. The lowest BCUT2D eigenvalue weighted by Crippen LogP contribution is -2.35. The number of carbonyl (C=O) groups excluding carboxylic acids is 1. The Morgan fingerprint density at radius 2 is 1.75 bits per heavy atom. The average molecular weight is 494 g/mol. The second kappa shape index (κ2) is 11.3. The molecule has 1 N–H and O–H groups in total. The van der Waals surface area contributed by atoms with Crippen LogP contribution in [0.4, 0.5) is 5.69 Å². The highest BCUT2D eigenvalue weighted by Gasteiger charge is 2.20. The molecule has 5 rings (SSSR count). The quantitative estimate of drug-likeness (QED) is 0.354. The molecule has 3 aromatic carbocycles. The van der Waals surface area contributed by atoms with Crippen LogP contribution in [-0.4, -0.2) is 46.9 Å². The van der Waals surface area contributed by atoms with E-state index in [9.17, 15) is 4.79 Å². The van der Waals surface area contributed by atoms with Crippen LogP contribution in [0, 0.1) is 11.3 Å². The summed E-state index contributed by atoms with van der Waals surface area (Å²) in [7, 11) is 0. The summed E-state index contributed by atoms with van der Waals surface area (Å²) in [6.07, 6.45) is 2.75. The van der Waals surface area contributed by atoms with Crippen molar-refractivity contribution < 1.29 is 4.79 Å². The SMILES string of the molecule is N#Cc1ccc(CN2CCCN(C(=O)c3ccc(NSc4cccc5cccnc45)cc3)CC2)cc1. The van der Waals surface area contributed by atoms with Gasteiger partial charge in [-0.05, 0) is 72.5 Å². The lowest BCUT2D eigenvalue weighted by molar-refractivity contribution is 0.0761. The zero-order valence-electron chi connectivity index (χ0n) is 19.9. The third kappa shape index (κ3) is 5.68. The molecule has 1 aliphatic heterocycles. The molecule has 0 spiro atoms. The highest BCUT2D eigenvalue weighted by atomic mass is 32.2. The lowest BCUT2D eigenvalue weighted by atomic mass is 10.1. The van der Waals surface area contributed by atoms with Crippen molar-refractivity contribution in [2.24, 2.45) is 0 Å². The Kier molecular flexibility index (Phi) is 7.46. The maximum Gasteiger partial charge on any atom is 0.253 e. The fraction of sp³-hybridized carbons (Fsp3) is 0.207. The van der Waals surface area contributed by atoms with E-state index >= 15 is 0 Å². The van der Waals surface area contributed by atoms with Gasteiger partial charge in [-0.3, -0.25) is 14.7 Å². The van der Waals surface area contributed by atoms with Gasteiger partial charge in [0.15, 0.2) is 0 Å². The minimum absolute atomic E-state index is 0.0766. The first-order chi connectivity index (χ1) is 17.7. The van der Waals surface area contributed by atoms with Gasteiger partial charge in [0.2, 0.25) is 0 Å². The summed E-state index contributed by atoms with van der Waals surface area (Å²) >= 11 is 1.52. The molecule has 1 amide bonds. The van der Waals surface area contributed by atoms with E-state index in [1.807, 2.05) is 71.8 Å². The normalized spacial score (nSPS) is 14.2. The van der Waals surface area contributed by atoms with Crippen LogP contribution < -0.4 is 4.72 Å². The summed E-state index contributed by atoms with van der Waals surface area (Å²) in [6, 6.07) is 27.7. The molecule has 36 heavy (non-hydrogen) atoms. The molecular weight excluding hydrogens is 466 g/mol. The highest BCUT2D eigenvalue weighted by Crippen LogP contribution is 2.27. The average Bonchev–Trinajstić information content (AvgIpc) is 3.18. The minimum atomic E-state index is 0.0766. The van der Waals surface area contributed by atoms with Crippen molar-refractivity contribution in [1.29, 1.82) is 5.26 Å². The predicted octanol–water partition coefficient (Wildman–Crippen LogP) is 5.57. The minimum Gasteiger partial charge on any atom is -0.337 e. The zero-order chi connectivity index (χ0) is 24.7. The molecule has 0 saturated carbocycles. The number of aromatic nitrogens is 1. The number of nitrogens with zero attached hydrogens (tertiary/aromatic N) is 4. The van der Waals surface area contributed by atoms with Crippen molar-refractivity contribution in [3.8, 4) is 6.07 Å². The van der Waals surface area contributed by atoms with Crippen LogP contribution >= 0.6 is 11.9 Å². The van der Waals surface area contributed by atoms with Gasteiger partial charge in [-0.15, -0.1) is 0 Å². The Morgan fingerprint density at radius 3 is 2.56 bits per heavy atom. The van der Waals surface area contributed by atoms with Crippen LogP contribution in [0.5, 0.6) is 0 Å². The van der Waals surface area contributed by atoms with Crippen molar-refractivity contribution in [2.75, 3.05) is 30.9 Å². The smallest absolute Gasteiger partial charge is 0.253 e. The Balaban J connectivity index is 1.16. The Morgan fingerprint density at radius 1 is 0.944 bits per heavy atom. The van der Waals surface area contributed by atoms with Crippen LogP contribution in [0.1, 0.15) is 27.9 Å². The van der Waals surface area contributed by atoms with Crippen molar-refractivity contribution in [3.63, 3.8) is 0 Å². The van der Waals surface area contributed by atoms with E-state index in [4.69, 9.17) is 5.26 Å². The number of pyridine rings is 1. The Hall–Kier alpha value is -3.86. The number of para-hydroxylation sites is 1. The summed E-state index contributed by atoms with van der Waals surface area (Å²) in [5.74, 6) is 0.0766. The van der Waals surface area contributed by atoms with Crippen molar-refractivity contribution >= 4 is 34.4 Å². The second-order valence-electron chi connectivity index (χ2n) is 8.84. The molecule has 0 atom stereocenters. The van der Waals surface area contributed by atoms with Gasteiger partial charge in [0.05, 0.1) is 22.0 Å². The first-order valence-electron chi connectivity index (χ1n) is 12.1. The summed E-state index contributed by atoms with van der Waals surface area (Å²) in [5, 5.41) is 10.1. The van der Waals surface area contributed by atoms with Gasteiger partial charge >= 0.3 is 0 Å². The Bertz CT molecular complexity index is 1380. The summed E-state index contributed by atoms with van der Waals surface area (Å²) in [6.45, 7) is 4.08. The van der Waals surface area contributed by atoms with Gasteiger partial charge in [0, 0.05) is 55.6 Å². The molecule has 1 saturated heterocycles. The van der Waals surface area contributed by atoms with Crippen molar-refractivity contribution in [1.82, 2.24) is 14.8 Å². The monoisotopic (exact) mass is 493 g/mol. The fourth-order valence-electron chi connectivity index (χ4n) is 4.41. The number of hydrogen-bond acceptors (Lipinski definition) is 6. The number of nitriles is 1. The lowest BCUT2D eigenvalue weighted by Gasteiger charge is -2.22. The third-order valence-corrected chi connectivity index (χ3v) is 7.26. The summed E-state index contributed by atoms with van der Waals surface area (Å²) in [4.78, 5) is 23.1. The predicted molar refractivity (Wildman–Crippen MR) is 145 cm³/mol. The molecule has 1 fully saturated rings. The van der Waals surface area contributed by atoms with E-state index in [0.29, 0.717) is 17.7 Å². The fourth-order valence-corrected chi connectivity index (χ4v) is 5.19. The first kappa shape index (κ1) is 23.9. The largest absolute Gasteiger partial charge is 0.337 e. The molecule has 4 aromatic rings. The number of fused-ring (bicyclic) bond motifs is 1. The molecule has 0 radical (unpaired) electrons. The van der Waals surface area contributed by atoms with Gasteiger partial charge < -0.3 is 9.62 Å². The molecule has 7 heteroatoms. The number of nitrogens with one attached hydrogen (secondary N) is 1. The van der Waals surface area contributed by atoms with Crippen LogP contribution in [0.25, 0.3) is 10.9 Å². The zero-order valence-corrected chi connectivity index (χ0v) is 20.7. The summed E-state index contributed by atoms with van der Waals surface area (Å²) in [5.41, 5.74) is 4.48. The van der Waals surface area contributed by atoms with Crippen LogP contribution in [0.3, 0.4) is 0 Å². The number of rotatable bonds is 6. The van der Waals surface area contributed by atoms with Crippen molar-refractivity contribution in [3.05, 3.63) is 102 Å². The van der Waals surface area contributed by atoms with E-state index in [-0.39, 0.29) is 5.91 Å². The molecule has 6 nitrogen and oxygen atoms in total. The molecule has 180 valence electrons. The van der Waals surface area contributed by atoms with E-state index in [0.717, 1.165) is 54.1 Å². The Labute approximate surface area is 215 Å². The molecule has 1 aromatic heterocycles. The highest BCUT2D eigenvalue weighted by molar-refractivity contribution is 8.00. The van der Waals surface area contributed by atoms with E-state index in [1.165, 1.54) is 17.5 Å². The third-order valence-electron chi connectivity index (χ3n) is 6.37. The van der Waals surface area contributed by atoms with Crippen LogP contribution in [-0.2, 0) is 6.54 Å². The molecule has 0 bridgehead atoms. The van der Waals surface area contributed by atoms with Crippen molar-refractivity contribution in [2.45, 2.75) is 17.9 Å². The van der Waals surface area contributed by atoms with Crippen LogP contribution in [0.2, 0.25) is 0 Å². The standard InChI is InChI=1S/C29H27N5OS/c30-20-22-7-9-23(10-8-22)21-33-16-3-17-34(19-18-33)29(35)25-11-13-26(14-12-25)32-36-27-6-1-4-24-5-2-15-31-28(24)27/h1-2,4-15,32H,3,16-19,21H2. The first-order valence-corrected chi connectivity index (χ1v) is 12.9. The van der Waals surface area contributed by atoms with E-state index < -0.39 is 0 Å². The number of amides is 1. The van der Waals surface area contributed by atoms with Gasteiger partial charge in [0.25, 0.3) is 5.91 Å². The molecule has 0 aliphatic carbocycles. The maximum atomic E-state index is 13.2. The number of anilines is 1. The second-order valence-corrected chi connectivity index (χ2v) is 9.69. The van der Waals surface area contributed by atoms with Crippen LogP contribution in [0.15, 0.2) is 90.0 Å². The molecule has 1 aliphatic rings. The molecule has 2 heterocycles. The van der Waals surface area contributed by atoms with E-state index in [1.54, 1.807) is 0 Å². The van der Waals surface area contributed by atoms with Gasteiger partial charge in [-0.25, -0.2) is 0 Å². The van der Waals surface area contributed by atoms with Gasteiger partial charge in [-0.1, -0.05) is 30.3 Å². The van der Waals surface area contributed by atoms with Gasteiger partial charge in [-0.2, -0.15) is 5.26 Å². The summed E-state index contributed by atoms with van der Waals surface area (Å²) < 4.78 is 3.37. The number of carbonyl (C=O) groups is 1. The maximum absolute atomic E-state index is 13.2. The topological polar surface area (TPSA) is 72.3 Å². The number of benzene rings is 3. The number of hydrogen-bond donors (Lipinski definition) is 1. The van der Waals surface area contributed by atoms with Gasteiger partial charge in [0.1, 0.15) is 0 Å². The molecular formula is C29H27N5OS. The van der Waals surface area contributed by atoms with E-state index in [2.05, 4.69) is 38.9 Å².